The van der Waals surface area contributed by atoms with Crippen molar-refractivity contribution < 1.29 is 23.1 Å². The molecule has 10 heteroatoms. The quantitative estimate of drug-likeness (QED) is 0.761. The summed E-state index contributed by atoms with van der Waals surface area (Å²) < 4.78 is 37.5. The highest BCUT2D eigenvalue weighted by molar-refractivity contribution is 6.32. The van der Waals surface area contributed by atoms with E-state index in [1.807, 2.05) is 0 Å². The average molecular weight is 361 g/mol. The molecular weight excluding hydrogens is 349 g/mol. The minimum atomic E-state index is -4.53. The third-order valence-corrected chi connectivity index (χ3v) is 3.15. The summed E-state index contributed by atoms with van der Waals surface area (Å²) >= 11 is 5.73. The number of alkyl halides is 3. The van der Waals surface area contributed by atoms with Gasteiger partial charge in [0.25, 0.3) is 0 Å². The lowest BCUT2D eigenvalue weighted by Gasteiger charge is -2.11. The van der Waals surface area contributed by atoms with Crippen LogP contribution in [0.15, 0.2) is 30.6 Å². The molecule has 0 radical (unpaired) electrons. The standard InChI is InChI=1S/C14H12ClF3N4O2/c15-9-6-8(14(16,17)18)7-21-12(9)20-5-3-11(24)22-13-10(23)2-1-4-19-13/h1-2,4,6-7,23H,3,5H2,(H,20,21)(H,19,22,24). The number of hydrogen-bond acceptors (Lipinski definition) is 5. The van der Waals surface area contributed by atoms with Gasteiger partial charge in [-0.3, -0.25) is 4.79 Å². The zero-order chi connectivity index (χ0) is 17.7. The largest absolute Gasteiger partial charge is 0.504 e. The molecule has 0 aromatic carbocycles. The Labute approximate surface area is 139 Å². The zero-order valence-corrected chi connectivity index (χ0v) is 12.8. The Morgan fingerprint density at radius 3 is 2.67 bits per heavy atom. The number of carbonyl (C=O) groups is 1. The molecule has 2 heterocycles. The van der Waals surface area contributed by atoms with E-state index in [0.29, 0.717) is 6.20 Å². The predicted octanol–water partition coefficient (Wildman–Crippen LogP) is 3.30. The molecule has 2 aromatic rings. The van der Waals surface area contributed by atoms with E-state index in [9.17, 15) is 23.1 Å². The van der Waals surface area contributed by atoms with Crippen LogP contribution in [0.1, 0.15) is 12.0 Å². The first-order chi connectivity index (χ1) is 11.3. The molecule has 128 valence electrons. The van der Waals surface area contributed by atoms with Crippen LogP contribution in [0.25, 0.3) is 0 Å². The topological polar surface area (TPSA) is 87.1 Å². The van der Waals surface area contributed by atoms with Crippen LogP contribution < -0.4 is 10.6 Å². The molecule has 24 heavy (non-hydrogen) atoms. The van der Waals surface area contributed by atoms with Gasteiger partial charge in [-0.1, -0.05) is 11.6 Å². The number of carbonyl (C=O) groups excluding carboxylic acids is 1. The van der Waals surface area contributed by atoms with Crippen LogP contribution in [0.5, 0.6) is 5.75 Å². The van der Waals surface area contributed by atoms with Crippen molar-refractivity contribution in [2.75, 3.05) is 17.2 Å². The van der Waals surface area contributed by atoms with Gasteiger partial charge in [-0.15, -0.1) is 0 Å². The van der Waals surface area contributed by atoms with Crippen molar-refractivity contribution in [2.24, 2.45) is 0 Å². The fraction of sp³-hybridized carbons (Fsp3) is 0.214. The first kappa shape index (κ1) is 17.8. The maximum absolute atomic E-state index is 12.5. The van der Waals surface area contributed by atoms with Gasteiger partial charge in [-0.05, 0) is 18.2 Å². The van der Waals surface area contributed by atoms with E-state index in [1.165, 1.54) is 18.3 Å². The van der Waals surface area contributed by atoms with Crippen LogP contribution in [0, 0.1) is 0 Å². The molecule has 3 N–H and O–H groups in total. The SMILES string of the molecule is O=C(CCNc1ncc(C(F)(F)F)cc1Cl)Nc1ncccc1O. The molecule has 2 aromatic heterocycles. The second-order valence-electron chi connectivity index (χ2n) is 4.65. The van der Waals surface area contributed by atoms with Gasteiger partial charge in [0.2, 0.25) is 5.91 Å². The summed E-state index contributed by atoms with van der Waals surface area (Å²) in [5.74, 6) is -0.558. The molecule has 0 saturated carbocycles. The molecule has 1 amide bonds. The molecule has 0 spiro atoms. The van der Waals surface area contributed by atoms with Crippen LogP contribution >= 0.6 is 11.6 Å². The lowest BCUT2D eigenvalue weighted by atomic mass is 10.2. The van der Waals surface area contributed by atoms with Crippen molar-refractivity contribution in [1.82, 2.24) is 9.97 Å². The summed E-state index contributed by atoms with van der Waals surface area (Å²) in [4.78, 5) is 19.1. The van der Waals surface area contributed by atoms with E-state index >= 15 is 0 Å². The lowest BCUT2D eigenvalue weighted by molar-refractivity contribution is -0.137. The predicted molar refractivity (Wildman–Crippen MR) is 81.9 cm³/mol. The van der Waals surface area contributed by atoms with E-state index < -0.39 is 17.6 Å². The number of nitrogens with zero attached hydrogens (tertiary/aromatic N) is 2. The van der Waals surface area contributed by atoms with Crippen molar-refractivity contribution >= 4 is 29.1 Å². The Hall–Kier alpha value is -2.55. The number of hydrogen-bond donors (Lipinski definition) is 3. The number of rotatable bonds is 5. The zero-order valence-electron chi connectivity index (χ0n) is 12.1. The molecule has 0 unspecified atom stereocenters. The van der Waals surface area contributed by atoms with Gasteiger partial charge in [0.15, 0.2) is 11.6 Å². The Morgan fingerprint density at radius 2 is 2.04 bits per heavy atom. The maximum Gasteiger partial charge on any atom is 0.417 e. The third-order valence-electron chi connectivity index (χ3n) is 2.86. The summed E-state index contributed by atoms with van der Waals surface area (Å²) in [6.45, 7) is 0.0809. The van der Waals surface area contributed by atoms with Crippen molar-refractivity contribution in [3.63, 3.8) is 0 Å². The molecular formula is C14H12ClF3N4O2. The second kappa shape index (κ2) is 7.35. The van der Waals surface area contributed by atoms with Gasteiger partial charge in [0, 0.05) is 25.4 Å². The summed E-state index contributed by atoms with van der Waals surface area (Å²) in [6, 6.07) is 3.63. The van der Waals surface area contributed by atoms with Crippen molar-refractivity contribution in [2.45, 2.75) is 12.6 Å². The van der Waals surface area contributed by atoms with Crippen LogP contribution in [0.4, 0.5) is 24.8 Å². The third kappa shape index (κ3) is 4.72. The van der Waals surface area contributed by atoms with Gasteiger partial charge in [-0.25, -0.2) is 9.97 Å². The molecule has 6 nitrogen and oxygen atoms in total. The lowest BCUT2D eigenvalue weighted by Crippen LogP contribution is -2.17. The highest BCUT2D eigenvalue weighted by Crippen LogP contribution is 2.32. The van der Waals surface area contributed by atoms with E-state index in [0.717, 1.165) is 6.07 Å². The average Bonchev–Trinajstić information content (AvgIpc) is 2.50. The van der Waals surface area contributed by atoms with Crippen molar-refractivity contribution in [3.05, 3.63) is 41.2 Å². The Balaban J connectivity index is 1.88. The first-order valence-electron chi connectivity index (χ1n) is 6.68. The summed E-state index contributed by atoms with van der Waals surface area (Å²) in [7, 11) is 0. The summed E-state index contributed by atoms with van der Waals surface area (Å²) in [5.41, 5.74) is -0.957. The number of halogens is 4. The molecule has 0 aliphatic carbocycles. The molecule has 0 fully saturated rings. The van der Waals surface area contributed by atoms with E-state index in [1.54, 1.807) is 0 Å². The minimum Gasteiger partial charge on any atom is -0.504 e. The maximum atomic E-state index is 12.5. The smallest absolute Gasteiger partial charge is 0.417 e. The van der Waals surface area contributed by atoms with E-state index in [4.69, 9.17) is 11.6 Å². The van der Waals surface area contributed by atoms with Gasteiger partial charge < -0.3 is 15.7 Å². The molecule has 2 rings (SSSR count). The van der Waals surface area contributed by atoms with Crippen molar-refractivity contribution in [3.8, 4) is 5.75 Å². The molecule has 0 bridgehead atoms. The number of pyridine rings is 2. The normalized spacial score (nSPS) is 11.2. The van der Waals surface area contributed by atoms with Crippen molar-refractivity contribution in [1.29, 1.82) is 0 Å². The Bertz CT molecular complexity index is 740. The van der Waals surface area contributed by atoms with Gasteiger partial charge in [0.1, 0.15) is 5.82 Å². The van der Waals surface area contributed by atoms with E-state index in [2.05, 4.69) is 20.6 Å². The number of aromatic hydroxyl groups is 1. The van der Waals surface area contributed by atoms with Crippen LogP contribution in [0.2, 0.25) is 5.02 Å². The first-order valence-corrected chi connectivity index (χ1v) is 7.05. The van der Waals surface area contributed by atoms with Gasteiger partial charge >= 0.3 is 6.18 Å². The monoisotopic (exact) mass is 360 g/mol. The summed E-state index contributed by atoms with van der Waals surface area (Å²) in [6.07, 6.45) is -2.51. The van der Waals surface area contributed by atoms with Gasteiger partial charge in [0.05, 0.1) is 10.6 Å². The Morgan fingerprint density at radius 1 is 1.29 bits per heavy atom. The second-order valence-corrected chi connectivity index (χ2v) is 5.06. The fourth-order valence-electron chi connectivity index (χ4n) is 1.71. The number of anilines is 2. The van der Waals surface area contributed by atoms with Crippen LogP contribution in [-0.2, 0) is 11.0 Å². The molecule has 0 aliphatic heterocycles. The molecule has 0 aliphatic rings. The fourth-order valence-corrected chi connectivity index (χ4v) is 1.94. The minimum absolute atomic E-state index is 0.0215. The van der Waals surface area contributed by atoms with Crippen LogP contribution in [-0.4, -0.2) is 27.5 Å². The van der Waals surface area contributed by atoms with Crippen LogP contribution in [0.3, 0.4) is 0 Å². The van der Waals surface area contributed by atoms with E-state index in [-0.39, 0.29) is 35.4 Å². The summed E-state index contributed by atoms with van der Waals surface area (Å²) in [5, 5.41) is 14.3. The number of amides is 1. The number of nitrogens with one attached hydrogen (secondary N) is 2. The molecule has 0 saturated heterocycles. The highest BCUT2D eigenvalue weighted by atomic mass is 35.5. The van der Waals surface area contributed by atoms with Gasteiger partial charge in [-0.2, -0.15) is 13.2 Å². The molecule has 0 atom stereocenters. The number of aromatic nitrogens is 2. The Kier molecular flexibility index (Phi) is 5.45. The highest BCUT2D eigenvalue weighted by Gasteiger charge is 2.31.